The predicted molar refractivity (Wildman–Crippen MR) is 106 cm³/mol. The number of carbonyl (C=O) groups excluding carboxylic acids is 1. The Morgan fingerprint density at radius 1 is 1.00 bits per heavy atom. The van der Waals surface area contributed by atoms with Crippen LogP contribution in [0.3, 0.4) is 0 Å². The van der Waals surface area contributed by atoms with E-state index in [2.05, 4.69) is 16.0 Å². The molecule has 0 N–H and O–H groups in total. The van der Waals surface area contributed by atoms with Crippen molar-refractivity contribution >= 4 is 34.1 Å². The molecule has 1 aromatic heterocycles. The number of benzene rings is 2. The van der Waals surface area contributed by atoms with Crippen molar-refractivity contribution in [3.63, 3.8) is 0 Å². The maximum atomic E-state index is 12.7. The van der Waals surface area contributed by atoms with Crippen molar-refractivity contribution in [2.75, 3.05) is 31.1 Å². The van der Waals surface area contributed by atoms with Gasteiger partial charge in [-0.05, 0) is 30.5 Å². The monoisotopic (exact) mass is 365 g/mol. The molecule has 3 aromatic rings. The quantitative estimate of drug-likeness (QED) is 0.640. The molecule has 2 heterocycles. The van der Waals surface area contributed by atoms with Crippen LogP contribution in [0.4, 0.5) is 5.82 Å². The maximum absolute atomic E-state index is 12.7. The topological polar surface area (TPSA) is 36.4 Å². The lowest BCUT2D eigenvalue weighted by Crippen LogP contribution is -2.49. The number of nitrogens with zero attached hydrogens (tertiary/aromatic N) is 3. The van der Waals surface area contributed by atoms with E-state index in [1.54, 1.807) is 0 Å². The fourth-order valence-corrected chi connectivity index (χ4v) is 3.58. The minimum absolute atomic E-state index is 0.0918. The highest BCUT2D eigenvalue weighted by atomic mass is 35.5. The van der Waals surface area contributed by atoms with E-state index in [4.69, 9.17) is 11.6 Å². The van der Waals surface area contributed by atoms with Crippen LogP contribution < -0.4 is 4.90 Å². The summed E-state index contributed by atoms with van der Waals surface area (Å²) in [4.78, 5) is 21.3. The largest absolute Gasteiger partial charge is 0.353 e. The van der Waals surface area contributed by atoms with Gasteiger partial charge in [-0.3, -0.25) is 4.79 Å². The van der Waals surface area contributed by atoms with Gasteiger partial charge in [-0.1, -0.05) is 53.6 Å². The van der Waals surface area contributed by atoms with Gasteiger partial charge in [0.15, 0.2) is 0 Å². The number of halogens is 1. The third-order valence-electron chi connectivity index (χ3n) is 4.87. The minimum Gasteiger partial charge on any atom is -0.353 e. The third-order valence-corrected chi connectivity index (χ3v) is 5.16. The molecule has 4 nitrogen and oxygen atoms in total. The summed E-state index contributed by atoms with van der Waals surface area (Å²) in [5.74, 6) is 0.963. The molecule has 0 bridgehead atoms. The number of carbonyl (C=O) groups is 1. The molecule has 26 heavy (non-hydrogen) atoms. The van der Waals surface area contributed by atoms with E-state index in [1.165, 1.54) is 0 Å². The first kappa shape index (κ1) is 16.9. The van der Waals surface area contributed by atoms with Crippen molar-refractivity contribution in [1.29, 1.82) is 0 Å². The summed E-state index contributed by atoms with van der Waals surface area (Å²) in [6.45, 7) is 4.88. The van der Waals surface area contributed by atoms with E-state index in [1.807, 2.05) is 60.4 Å². The van der Waals surface area contributed by atoms with Crippen LogP contribution in [0.2, 0.25) is 5.15 Å². The predicted octanol–water partition coefficient (Wildman–Crippen LogP) is 4.16. The second kappa shape index (κ2) is 6.96. The summed E-state index contributed by atoms with van der Waals surface area (Å²) in [7, 11) is 0. The molecular formula is C21H20ClN3O. The number of anilines is 1. The van der Waals surface area contributed by atoms with Crippen LogP contribution in [-0.4, -0.2) is 42.0 Å². The number of aryl methyl sites for hydroxylation is 1. The molecular weight excluding hydrogens is 346 g/mol. The Bertz CT molecular complexity index is 947. The summed E-state index contributed by atoms with van der Waals surface area (Å²) >= 11 is 6.35. The molecule has 1 amide bonds. The van der Waals surface area contributed by atoms with Gasteiger partial charge in [-0.25, -0.2) is 4.98 Å². The van der Waals surface area contributed by atoms with E-state index in [-0.39, 0.29) is 5.91 Å². The molecule has 1 fully saturated rings. The Morgan fingerprint density at radius 2 is 1.69 bits per heavy atom. The van der Waals surface area contributed by atoms with E-state index >= 15 is 0 Å². The lowest BCUT2D eigenvalue weighted by molar-refractivity contribution is 0.0746. The van der Waals surface area contributed by atoms with Gasteiger partial charge in [-0.2, -0.15) is 0 Å². The number of piperazine rings is 1. The average Bonchev–Trinajstić information content (AvgIpc) is 2.68. The summed E-state index contributed by atoms with van der Waals surface area (Å²) in [6, 6.07) is 17.8. The molecule has 1 aliphatic heterocycles. The molecule has 2 aromatic carbocycles. The first-order valence-corrected chi connectivity index (χ1v) is 9.16. The van der Waals surface area contributed by atoms with Crippen LogP contribution in [-0.2, 0) is 0 Å². The van der Waals surface area contributed by atoms with Crippen molar-refractivity contribution in [2.45, 2.75) is 6.92 Å². The second-order valence-corrected chi connectivity index (χ2v) is 7.00. The number of hydrogen-bond acceptors (Lipinski definition) is 3. The molecule has 0 aliphatic carbocycles. The summed E-state index contributed by atoms with van der Waals surface area (Å²) < 4.78 is 0. The summed E-state index contributed by atoms with van der Waals surface area (Å²) in [5, 5.41) is 2.57. The van der Waals surface area contributed by atoms with Gasteiger partial charge in [0, 0.05) is 37.1 Å². The van der Waals surface area contributed by atoms with E-state index < -0.39 is 0 Å². The fraction of sp³-hybridized carbons (Fsp3) is 0.238. The van der Waals surface area contributed by atoms with Crippen LogP contribution in [0.5, 0.6) is 0 Å². The number of pyridine rings is 1. The van der Waals surface area contributed by atoms with E-state index in [0.717, 1.165) is 40.8 Å². The van der Waals surface area contributed by atoms with Gasteiger partial charge in [0.2, 0.25) is 0 Å². The van der Waals surface area contributed by atoms with Gasteiger partial charge in [0.25, 0.3) is 5.91 Å². The van der Waals surface area contributed by atoms with Crippen molar-refractivity contribution < 1.29 is 4.79 Å². The summed E-state index contributed by atoms with van der Waals surface area (Å²) in [5.41, 5.74) is 1.90. The molecule has 0 atom stereocenters. The lowest BCUT2D eigenvalue weighted by atomic mass is 10.1. The number of rotatable bonds is 2. The Kier molecular flexibility index (Phi) is 4.51. The molecule has 0 unspecified atom stereocenters. The maximum Gasteiger partial charge on any atom is 0.253 e. The van der Waals surface area contributed by atoms with Gasteiger partial charge in [0.05, 0.1) is 0 Å². The van der Waals surface area contributed by atoms with Gasteiger partial charge >= 0.3 is 0 Å². The number of aromatic nitrogens is 1. The molecule has 0 spiro atoms. The van der Waals surface area contributed by atoms with E-state index in [9.17, 15) is 4.79 Å². The molecule has 0 saturated carbocycles. The average molecular weight is 366 g/mol. The van der Waals surface area contributed by atoms with Crippen LogP contribution in [0, 0.1) is 6.92 Å². The van der Waals surface area contributed by atoms with Gasteiger partial charge in [-0.15, -0.1) is 0 Å². The van der Waals surface area contributed by atoms with Gasteiger partial charge in [0.1, 0.15) is 11.0 Å². The Balaban J connectivity index is 1.48. The Hall–Kier alpha value is -2.59. The fourth-order valence-electron chi connectivity index (χ4n) is 3.32. The minimum atomic E-state index is 0.0918. The molecule has 1 aliphatic rings. The smallest absolute Gasteiger partial charge is 0.253 e. The van der Waals surface area contributed by atoms with Crippen molar-refractivity contribution in [1.82, 2.24) is 9.88 Å². The van der Waals surface area contributed by atoms with Crippen LogP contribution in [0.1, 0.15) is 15.9 Å². The summed E-state index contributed by atoms with van der Waals surface area (Å²) in [6.07, 6.45) is 0. The van der Waals surface area contributed by atoms with Gasteiger partial charge < -0.3 is 9.80 Å². The molecule has 0 radical (unpaired) electrons. The highest BCUT2D eigenvalue weighted by Crippen LogP contribution is 2.27. The van der Waals surface area contributed by atoms with Crippen molar-refractivity contribution in [2.24, 2.45) is 0 Å². The first-order chi connectivity index (χ1) is 12.6. The number of hydrogen-bond donors (Lipinski definition) is 0. The zero-order chi connectivity index (χ0) is 18.1. The SMILES string of the molecule is Cc1ccc(C(=O)N2CCN(c3cc4ccccc4c(Cl)n3)CC2)cc1. The standard InChI is InChI=1S/C21H20ClN3O/c1-15-6-8-16(9-7-15)21(26)25-12-10-24(11-13-25)19-14-17-4-2-3-5-18(17)20(22)23-19/h2-9,14H,10-13H2,1H3. The molecule has 132 valence electrons. The first-order valence-electron chi connectivity index (χ1n) is 8.78. The third kappa shape index (κ3) is 3.25. The lowest BCUT2D eigenvalue weighted by Gasteiger charge is -2.35. The zero-order valence-corrected chi connectivity index (χ0v) is 15.4. The van der Waals surface area contributed by atoms with Crippen molar-refractivity contribution in [3.05, 3.63) is 70.9 Å². The Labute approximate surface area is 158 Å². The van der Waals surface area contributed by atoms with E-state index in [0.29, 0.717) is 18.2 Å². The molecule has 1 saturated heterocycles. The number of amides is 1. The van der Waals surface area contributed by atoms with Crippen molar-refractivity contribution in [3.8, 4) is 0 Å². The zero-order valence-electron chi connectivity index (χ0n) is 14.7. The van der Waals surface area contributed by atoms with Crippen LogP contribution in [0.15, 0.2) is 54.6 Å². The highest BCUT2D eigenvalue weighted by Gasteiger charge is 2.23. The Morgan fingerprint density at radius 3 is 2.42 bits per heavy atom. The molecule has 5 heteroatoms. The normalized spacial score (nSPS) is 14.7. The van der Waals surface area contributed by atoms with Crippen LogP contribution in [0.25, 0.3) is 10.8 Å². The number of fused-ring (bicyclic) bond motifs is 1. The second-order valence-electron chi connectivity index (χ2n) is 6.64. The molecule has 4 rings (SSSR count). The van der Waals surface area contributed by atoms with Crippen LogP contribution >= 0.6 is 11.6 Å². The highest BCUT2D eigenvalue weighted by molar-refractivity contribution is 6.34.